The van der Waals surface area contributed by atoms with E-state index in [0.29, 0.717) is 5.41 Å². The lowest BCUT2D eigenvalue weighted by molar-refractivity contribution is 0.0597. The molecule has 2 aliphatic carbocycles. The first-order chi connectivity index (χ1) is 6.29. The van der Waals surface area contributed by atoms with E-state index in [1.54, 1.807) is 0 Å². The minimum atomic E-state index is -0.117. The van der Waals surface area contributed by atoms with E-state index in [1.165, 1.54) is 32.1 Å². The van der Waals surface area contributed by atoms with Crippen molar-refractivity contribution >= 4 is 0 Å². The minimum absolute atomic E-state index is 0.117. The lowest BCUT2D eigenvalue weighted by atomic mass is 9.82. The van der Waals surface area contributed by atoms with Crippen LogP contribution in [0.3, 0.4) is 0 Å². The van der Waals surface area contributed by atoms with Gasteiger partial charge in [-0.3, -0.25) is 0 Å². The van der Waals surface area contributed by atoms with Gasteiger partial charge in [0.05, 0.1) is 6.10 Å². The van der Waals surface area contributed by atoms with Crippen molar-refractivity contribution in [2.75, 3.05) is 0 Å². The van der Waals surface area contributed by atoms with Gasteiger partial charge in [0.15, 0.2) is 0 Å². The third-order valence-electron chi connectivity index (χ3n) is 3.95. The lowest BCUT2D eigenvalue weighted by Gasteiger charge is -2.26. The Bertz CT molecular complexity index is 228. The molecule has 2 saturated carbocycles. The van der Waals surface area contributed by atoms with Crippen molar-refractivity contribution in [2.45, 2.75) is 51.0 Å². The lowest BCUT2D eigenvalue weighted by Crippen LogP contribution is -2.25. The molecule has 1 nitrogen and oxygen atoms in total. The summed E-state index contributed by atoms with van der Waals surface area (Å²) in [7, 11) is 0. The fraction of sp³-hybridized carbons (Fsp3) is 0.833. The van der Waals surface area contributed by atoms with Crippen LogP contribution >= 0.6 is 0 Å². The molecule has 0 aliphatic heterocycles. The Morgan fingerprint density at radius 1 is 1.54 bits per heavy atom. The van der Waals surface area contributed by atoms with E-state index in [9.17, 15) is 5.11 Å². The van der Waals surface area contributed by atoms with Crippen LogP contribution in [0.25, 0.3) is 0 Å². The summed E-state index contributed by atoms with van der Waals surface area (Å²) in [4.78, 5) is 0. The SMILES string of the molecule is C#CCCC(O)C12CCCCC1C2. The highest BCUT2D eigenvalue weighted by Gasteiger charge is 2.58. The van der Waals surface area contributed by atoms with Gasteiger partial charge in [-0.25, -0.2) is 0 Å². The minimum Gasteiger partial charge on any atom is -0.393 e. The van der Waals surface area contributed by atoms with Gasteiger partial charge < -0.3 is 5.11 Å². The molecule has 0 radical (unpaired) electrons. The quantitative estimate of drug-likeness (QED) is 0.658. The van der Waals surface area contributed by atoms with Crippen molar-refractivity contribution in [3.8, 4) is 12.3 Å². The highest BCUT2D eigenvalue weighted by atomic mass is 16.3. The molecule has 2 rings (SSSR count). The molecule has 2 fully saturated rings. The van der Waals surface area contributed by atoms with Gasteiger partial charge in [0.1, 0.15) is 0 Å². The van der Waals surface area contributed by atoms with E-state index in [1.807, 2.05) is 0 Å². The number of hydrogen-bond donors (Lipinski definition) is 1. The van der Waals surface area contributed by atoms with Crippen molar-refractivity contribution < 1.29 is 5.11 Å². The second-order valence-corrected chi connectivity index (χ2v) is 4.64. The van der Waals surface area contributed by atoms with Crippen LogP contribution in [0.2, 0.25) is 0 Å². The van der Waals surface area contributed by atoms with Crippen LogP contribution in [0.1, 0.15) is 44.9 Å². The first-order valence-corrected chi connectivity index (χ1v) is 5.41. The molecule has 0 aromatic rings. The van der Waals surface area contributed by atoms with E-state index in [0.717, 1.165) is 18.8 Å². The Kier molecular flexibility index (Phi) is 2.34. The molecule has 0 aromatic carbocycles. The highest BCUT2D eigenvalue weighted by Crippen LogP contribution is 2.63. The predicted molar refractivity (Wildman–Crippen MR) is 53.1 cm³/mol. The summed E-state index contributed by atoms with van der Waals surface area (Å²) < 4.78 is 0. The molecule has 1 heteroatoms. The second-order valence-electron chi connectivity index (χ2n) is 4.64. The largest absolute Gasteiger partial charge is 0.393 e. The average Bonchev–Trinajstić information content (AvgIpc) is 2.89. The van der Waals surface area contributed by atoms with Crippen LogP contribution < -0.4 is 0 Å². The molecule has 2 aliphatic rings. The van der Waals surface area contributed by atoms with Gasteiger partial charge in [-0.1, -0.05) is 12.8 Å². The summed E-state index contributed by atoms with van der Waals surface area (Å²) in [5.74, 6) is 3.44. The molecule has 0 amide bonds. The Hall–Kier alpha value is -0.480. The summed E-state index contributed by atoms with van der Waals surface area (Å²) in [5.41, 5.74) is 0.315. The third kappa shape index (κ3) is 1.48. The molecule has 0 saturated heterocycles. The van der Waals surface area contributed by atoms with Crippen LogP contribution in [0.5, 0.6) is 0 Å². The Labute approximate surface area is 80.5 Å². The van der Waals surface area contributed by atoms with Gasteiger partial charge in [-0.2, -0.15) is 0 Å². The predicted octanol–water partition coefficient (Wildman–Crippen LogP) is 2.34. The van der Waals surface area contributed by atoms with Crippen molar-refractivity contribution in [3.05, 3.63) is 0 Å². The van der Waals surface area contributed by atoms with Crippen LogP contribution in [-0.2, 0) is 0 Å². The van der Waals surface area contributed by atoms with Crippen LogP contribution in [0.4, 0.5) is 0 Å². The molecule has 3 atom stereocenters. The van der Waals surface area contributed by atoms with Crippen LogP contribution in [0.15, 0.2) is 0 Å². The first-order valence-electron chi connectivity index (χ1n) is 5.41. The molecule has 13 heavy (non-hydrogen) atoms. The number of hydrogen-bond acceptors (Lipinski definition) is 1. The Morgan fingerprint density at radius 2 is 2.38 bits per heavy atom. The number of terminal acetylenes is 1. The maximum atomic E-state index is 10.0. The third-order valence-corrected chi connectivity index (χ3v) is 3.95. The Morgan fingerprint density at radius 3 is 3.08 bits per heavy atom. The van der Waals surface area contributed by atoms with Gasteiger partial charge >= 0.3 is 0 Å². The summed E-state index contributed by atoms with van der Waals surface area (Å²) >= 11 is 0. The zero-order valence-corrected chi connectivity index (χ0v) is 8.13. The number of aliphatic hydroxyl groups excluding tert-OH is 1. The highest BCUT2D eigenvalue weighted by molar-refractivity contribution is 5.08. The van der Waals surface area contributed by atoms with Crippen molar-refractivity contribution in [3.63, 3.8) is 0 Å². The van der Waals surface area contributed by atoms with E-state index in [2.05, 4.69) is 5.92 Å². The molecule has 3 unspecified atom stereocenters. The molecule has 0 bridgehead atoms. The van der Waals surface area contributed by atoms with E-state index < -0.39 is 0 Å². The number of aliphatic hydroxyl groups is 1. The normalized spacial score (nSPS) is 38.9. The van der Waals surface area contributed by atoms with Crippen LogP contribution in [0, 0.1) is 23.7 Å². The zero-order chi connectivity index (χ0) is 9.31. The molecular formula is C12H18O. The summed E-state index contributed by atoms with van der Waals surface area (Å²) in [6, 6.07) is 0. The fourth-order valence-electron chi connectivity index (χ4n) is 3.02. The molecule has 1 N–H and O–H groups in total. The van der Waals surface area contributed by atoms with E-state index in [4.69, 9.17) is 6.42 Å². The molecular weight excluding hydrogens is 160 g/mol. The fourth-order valence-corrected chi connectivity index (χ4v) is 3.02. The molecule has 0 spiro atoms. The van der Waals surface area contributed by atoms with Gasteiger partial charge in [-0.05, 0) is 37.0 Å². The Balaban J connectivity index is 1.89. The standard InChI is InChI=1S/C12H18O/c1-2-3-7-11(13)12-8-5-4-6-10(12)9-12/h1,10-11,13H,3-9H2. The summed E-state index contributed by atoms with van der Waals surface area (Å²) in [5, 5.41) is 10.0. The number of fused-ring (bicyclic) bond motifs is 1. The van der Waals surface area contributed by atoms with Crippen molar-refractivity contribution in [2.24, 2.45) is 11.3 Å². The zero-order valence-electron chi connectivity index (χ0n) is 8.13. The second kappa shape index (κ2) is 3.35. The van der Waals surface area contributed by atoms with E-state index >= 15 is 0 Å². The van der Waals surface area contributed by atoms with Gasteiger partial charge in [0.25, 0.3) is 0 Å². The van der Waals surface area contributed by atoms with Gasteiger partial charge in [0.2, 0.25) is 0 Å². The topological polar surface area (TPSA) is 20.2 Å². The van der Waals surface area contributed by atoms with Gasteiger partial charge in [-0.15, -0.1) is 12.3 Å². The smallest absolute Gasteiger partial charge is 0.0608 e. The van der Waals surface area contributed by atoms with Crippen molar-refractivity contribution in [1.82, 2.24) is 0 Å². The summed E-state index contributed by atoms with van der Waals surface area (Å²) in [6.45, 7) is 0. The van der Waals surface area contributed by atoms with Gasteiger partial charge in [0, 0.05) is 6.42 Å². The first kappa shape index (κ1) is 9.09. The van der Waals surface area contributed by atoms with Crippen molar-refractivity contribution in [1.29, 1.82) is 0 Å². The van der Waals surface area contributed by atoms with Crippen LogP contribution in [-0.4, -0.2) is 11.2 Å². The van der Waals surface area contributed by atoms with E-state index in [-0.39, 0.29) is 6.10 Å². The molecule has 72 valence electrons. The maximum Gasteiger partial charge on any atom is 0.0608 e. The average molecular weight is 178 g/mol. The summed E-state index contributed by atoms with van der Waals surface area (Å²) in [6.07, 6.45) is 13.2. The monoisotopic (exact) mass is 178 g/mol. The number of rotatable bonds is 3. The molecule has 0 aromatic heterocycles. The maximum absolute atomic E-state index is 10.0. The molecule has 0 heterocycles.